The molecule has 1 atom stereocenters. The number of nitrogens with one attached hydrogen (secondary N) is 1. The molecule has 3 rings (SSSR count). The summed E-state index contributed by atoms with van der Waals surface area (Å²) in [6.45, 7) is 4.56. The summed E-state index contributed by atoms with van der Waals surface area (Å²) in [4.78, 5) is 31.2. The van der Waals surface area contributed by atoms with Crippen LogP contribution in [-0.4, -0.2) is 34.8 Å². The predicted octanol–water partition coefficient (Wildman–Crippen LogP) is 2.99. The smallest absolute Gasteiger partial charge is 0.232 e. The summed E-state index contributed by atoms with van der Waals surface area (Å²) in [7, 11) is 0. The minimum atomic E-state index is -0.778. The molecule has 0 radical (unpaired) electrons. The first-order valence-electron chi connectivity index (χ1n) is 8.65. The van der Waals surface area contributed by atoms with Crippen LogP contribution in [0, 0.1) is 11.7 Å². The van der Waals surface area contributed by atoms with Gasteiger partial charge in [-0.15, -0.1) is 0 Å². The van der Waals surface area contributed by atoms with Gasteiger partial charge in [-0.05, 0) is 50.1 Å². The molecule has 0 saturated carbocycles. The van der Waals surface area contributed by atoms with Gasteiger partial charge in [-0.3, -0.25) is 9.59 Å². The van der Waals surface area contributed by atoms with Gasteiger partial charge in [0.25, 0.3) is 0 Å². The van der Waals surface area contributed by atoms with E-state index in [-0.39, 0.29) is 23.5 Å². The van der Waals surface area contributed by atoms with Crippen molar-refractivity contribution < 1.29 is 14.0 Å². The van der Waals surface area contributed by atoms with Crippen molar-refractivity contribution >= 4 is 17.6 Å². The number of aromatic nitrogens is 1. The minimum Gasteiger partial charge on any atom is -0.341 e. The third kappa shape index (κ3) is 3.74. The lowest BCUT2D eigenvalue weighted by molar-refractivity contribution is -0.135. The second-order valence-electron chi connectivity index (χ2n) is 7.07. The van der Waals surface area contributed by atoms with Gasteiger partial charge in [0.1, 0.15) is 11.6 Å². The number of pyridine rings is 1. The fraction of sp³-hybridized carbons (Fsp3) is 0.350. The van der Waals surface area contributed by atoms with E-state index in [0.29, 0.717) is 25.3 Å². The van der Waals surface area contributed by atoms with E-state index in [9.17, 15) is 14.0 Å². The summed E-state index contributed by atoms with van der Waals surface area (Å²) in [6, 6.07) is 11.3. The SMILES string of the molecule is CC(C)(C(=O)N1CCC(C(=O)Nc2ccccn2)C1)c1ccc(F)cc1. The van der Waals surface area contributed by atoms with Gasteiger partial charge >= 0.3 is 0 Å². The van der Waals surface area contributed by atoms with E-state index in [1.54, 1.807) is 41.4 Å². The van der Waals surface area contributed by atoms with Crippen molar-refractivity contribution in [2.45, 2.75) is 25.7 Å². The molecule has 6 heteroatoms. The van der Waals surface area contributed by atoms with E-state index in [2.05, 4.69) is 10.3 Å². The predicted molar refractivity (Wildman–Crippen MR) is 97.0 cm³/mol. The van der Waals surface area contributed by atoms with Gasteiger partial charge in [0, 0.05) is 19.3 Å². The summed E-state index contributed by atoms with van der Waals surface area (Å²) >= 11 is 0. The number of nitrogens with zero attached hydrogens (tertiary/aromatic N) is 2. The topological polar surface area (TPSA) is 62.3 Å². The van der Waals surface area contributed by atoms with E-state index < -0.39 is 5.41 Å². The van der Waals surface area contributed by atoms with E-state index in [4.69, 9.17) is 0 Å². The van der Waals surface area contributed by atoms with Crippen LogP contribution in [0.2, 0.25) is 0 Å². The lowest BCUT2D eigenvalue weighted by Crippen LogP contribution is -2.42. The number of halogens is 1. The van der Waals surface area contributed by atoms with Crippen molar-refractivity contribution in [1.29, 1.82) is 0 Å². The molecular formula is C20H22FN3O2. The van der Waals surface area contributed by atoms with Gasteiger partial charge in [0.2, 0.25) is 11.8 Å². The summed E-state index contributed by atoms with van der Waals surface area (Å²) in [5, 5.41) is 2.79. The normalized spacial score (nSPS) is 17.2. The largest absolute Gasteiger partial charge is 0.341 e. The summed E-state index contributed by atoms with van der Waals surface area (Å²) in [5.74, 6) is -0.265. The molecule has 1 aliphatic heterocycles. The Morgan fingerprint density at radius 3 is 2.58 bits per heavy atom. The zero-order valence-corrected chi connectivity index (χ0v) is 14.9. The number of hydrogen-bond donors (Lipinski definition) is 1. The highest BCUT2D eigenvalue weighted by Gasteiger charge is 2.38. The fourth-order valence-corrected chi connectivity index (χ4v) is 3.21. The van der Waals surface area contributed by atoms with Crippen LogP contribution < -0.4 is 5.32 Å². The van der Waals surface area contributed by atoms with Gasteiger partial charge < -0.3 is 10.2 Å². The Kier molecular flexibility index (Phi) is 5.02. The molecule has 2 heterocycles. The lowest BCUT2D eigenvalue weighted by Gasteiger charge is -2.29. The monoisotopic (exact) mass is 355 g/mol. The van der Waals surface area contributed by atoms with Crippen LogP contribution in [0.1, 0.15) is 25.8 Å². The molecular weight excluding hydrogens is 333 g/mol. The Morgan fingerprint density at radius 2 is 1.92 bits per heavy atom. The number of rotatable bonds is 4. The van der Waals surface area contributed by atoms with Crippen LogP contribution in [-0.2, 0) is 15.0 Å². The van der Waals surface area contributed by atoms with E-state index in [0.717, 1.165) is 5.56 Å². The van der Waals surface area contributed by atoms with Crippen LogP contribution >= 0.6 is 0 Å². The highest BCUT2D eigenvalue weighted by molar-refractivity contribution is 5.93. The first-order chi connectivity index (χ1) is 12.4. The highest BCUT2D eigenvalue weighted by atomic mass is 19.1. The van der Waals surface area contributed by atoms with Crippen molar-refractivity contribution in [1.82, 2.24) is 9.88 Å². The third-order valence-corrected chi connectivity index (χ3v) is 4.86. The summed E-state index contributed by atoms with van der Waals surface area (Å²) < 4.78 is 13.2. The molecule has 2 amide bonds. The molecule has 1 aromatic heterocycles. The molecule has 5 nitrogen and oxygen atoms in total. The lowest BCUT2D eigenvalue weighted by atomic mass is 9.83. The van der Waals surface area contributed by atoms with Gasteiger partial charge in [-0.25, -0.2) is 9.37 Å². The molecule has 0 bridgehead atoms. The zero-order valence-electron chi connectivity index (χ0n) is 14.9. The fourth-order valence-electron chi connectivity index (χ4n) is 3.21. The second kappa shape index (κ2) is 7.23. The van der Waals surface area contributed by atoms with Crippen LogP contribution in [0.15, 0.2) is 48.7 Å². The number of likely N-dealkylation sites (tertiary alicyclic amines) is 1. The molecule has 2 aromatic rings. The van der Waals surface area contributed by atoms with Crippen LogP contribution in [0.3, 0.4) is 0 Å². The molecule has 1 unspecified atom stereocenters. The molecule has 136 valence electrons. The van der Waals surface area contributed by atoms with Crippen LogP contribution in [0.4, 0.5) is 10.2 Å². The molecule has 1 saturated heterocycles. The number of anilines is 1. The second-order valence-corrected chi connectivity index (χ2v) is 7.07. The molecule has 26 heavy (non-hydrogen) atoms. The van der Waals surface area contributed by atoms with Crippen molar-refractivity contribution in [3.05, 3.63) is 60.0 Å². The van der Waals surface area contributed by atoms with Crippen molar-refractivity contribution in [3.8, 4) is 0 Å². The highest BCUT2D eigenvalue weighted by Crippen LogP contribution is 2.29. The Hall–Kier alpha value is -2.76. The Labute approximate surface area is 152 Å². The van der Waals surface area contributed by atoms with Crippen LogP contribution in [0.25, 0.3) is 0 Å². The quantitative estimate of drug-likeness (QED) is 0.917. The van der Waals surface area contributed by atoms with E-state index in [1.165, 1.54) is 12.1 Å². The van der Waals surface area contributed by atoms with Crippen molar-refractivity contribution in [2.75, 3.05) is 18.4 Å². The third-order valence-electron chi connectivity index (χ3n) is 4.86. The molecule has 0 aliphatic carbocycles. The Balaban J connectivity index is 1.65. The summed E-state index contributed by atoms with van der Waals surface area (Å²) in [6.07, 6.45) is 2.23. The maximum absolute atomic E-state index is 13.2. The maximum Gasteiger partial charge on any atom is 0.232 e. The Bertz CT molecular complexity index is 790. The van der Waals surface area contributed by atoms with E-state index in [1.807, 2.05) is 13.8 Å². The summed E-state index contributed by atoms with van der Waals surface area (Å²) in [5.41, 5.74) is -0.0228. The van der Waals surface area contributed by atoms with Gasteiger partial charge in [-0.2, -0.15) is 0 Å². The average molecular weight is 355 g/mol. The maximum atomic E-state index is 13.2. The van der Waals surface area contributed by atoms with E-state index >= 15 is 0 Å². The molecule has 1 fully saturated rings. The first kappa shape index (κ1) is 18.0. The van der Waals surface area contributed by atoms with Gasteiger partial charge in [0.15, 0.2) is 0 Å². The van der Waals surface area contributed by atoms with Crippen molar-refractivity contribution in [3.63, 3.8) is 0 Å². The number of carbonyl (C=O) groups is 2. The molecule has 1 N–H and O–H groups in total. The average Bonchev–Trinajstić information content (AvgIpc) is 3.12. The number of hydrogen-bond acceptors (Lipinski definition) is 3. The number of benzene rings is 1. The minimum absolute atomic E-state index is 0.0581. The van der Waals surface area contributed by atoms with Crippen molar-refractivity contribution in [2.24, 2.45) is 5.92 Å². The first-order valence-corrected chi connectivity index (χ1v) is 8.65. The zero-order chi connectivity index (χ0) is 18.7. The van der Waals surface area contributed by atoms with Gasteiger partial charge in [-0.1, -0.05) is 18.2 Å². The number of carbonyl (C=O) groups excluding carboxylic acids is 2. The molecule has 1 aromatic carbocycles. The van der Waals surface area contributed by atoms with Gasteiger partial charge in [0.05, 0.1) is 11.3 Å². The molecule has 0 spiro atoms. The molecule has 1 aliphatic rings. The Morgan fingerprint density at radius 1 is 1.19 bits per heavy atom. The standard InChI is InChI=1S/C20H22FN3O2/c1-20(2,15-6-8-16(21)9-7-15)19(26)24-12-10-14(13-24)18(25)23-17-5-3-4-11-22-17/h3-9,11,14H,10,12-13H2,1-2H3,(H,22,23,25). The number of amides is 2. The van der Waals surface area contributed by atoms with Crippen LogP contribution in [0.5, 0.6) is 0 Å².